The van der Waals surface area contributed by atoms with E-state index in [1.165, 1.54) is 4.90 Å². The molecule has 1 aromatic carbocycles. The zero-order valence-electron chi connectivity index (χ0n) is 11.3. The van der Waals surface area contributed by atoms with E-state index in [1.807, 2.05) is 12.1 Å². The van der Waals surface area contributed by atoms with Crippen molar-refractivity contribution < 1.29 is 13.2 Å². The van der Waals surface area contributed by atoms with Crippen LogP contribution in [0.3, 0.4) is 0 Å². The van der Waals surface area contributed by atoms with E-state index in [1.54, 1.807) is 6.07 Å². The monoisotopic (exact) mass is 361 g/mol. The minimum atomic E-state index is -4.14. The largest absolute Gasteiger partial charge is 0.401 e. The fourth-order valence-corrected chi connectivity index (χ4v) is 2.80. The molecule has 3 nitrogen and oxygen atoms in total. The lowest BCUT2D eigenvalue weighted by Gasteiger charge is -2.33. The molecule has 0 aromatic heterocycles. The summed E-state index contributed by atoms with van der Waals surface area (Å²) in [5.74, 6) is 0. The summed E-state index contributed by atoms with van der Waals surface area (Å²) < 4.78 is 37.8. The fraction of sp³-hybridized carbons (Fsp3) is 0.500. The van der Waals surface area contributed by atoms with Crippen LogP contribution in [0.2, 0.25) is 0 Å². The highest BCUT2D eigenvalue weighted by Crippen LogP contribution is 2.24. The van der Waals surface area contributed by atoms with Crippen molar-refractivity contribution in [1.82, 2.24) is 4.90 Å². The maximum absolute atomic E-state index is 12.3. The molecule has 114 valence electrons. The van der Waals surface area contributed by atoms with Crippen LogP contribution in [0.15, 0.2) is 22.7 Å². The number of hydrogen-bond donors (Lipinski definition) is 1. The Bertz CT molecular complexity index is 531. The maximum atomic E-state index is 12.3. The van der Waals surface area contributed by atoms with Gasteiger partial charge in [0, 0.05) is 23.6 Å². The predicted molar refractivity (Wildman–Crippen MR) is 78.0 cm³/mol. The van der Waals surface area contributed by atoms with Crippen molar-refractivity contribution in [3.63, 3.8) is 0 Å². The molecule has 0 aliphatic carbocycles. The highest BCUT2D eigenvalue weighted by molar-refractivity contribution is 9.10. The molecule has 0 saturated carbocycles. The summed E-state index contributed by atoms with van der Waals surface area (Å²) in [6, 6.07) is 7.58. The van der Waals surface area contributed by atoms with Crippen LogP contribution < -0.4 is 5.32 Å². The topological polar surface area (TPSA) is 39.1 Å². The molecule has 7 heteroatoms. The summed E-state index contributed by atoms with van der Waals surface area (Å²) in [4.78, 5) is 1.42. The van der Waals surface area contributed by atoms with E-state index < -0.39 is 12.7 Å². The Balaban J connectivity index is 1.91. The minimum Gasteiger partial charge on any atom is -0.381 e. The van der Waals surface area contributed by atoms with Crippen molar-refractivity contribution >= 4 is 21.6 Å². The van der Waals surface area contributed by atoms with Gasteiger partial charge in [0.05, 0.1) is 17.8 Å². The number of nitrogens with one attached hydrogen (secondary N) is 1. The number of nitrogens with zero attached hydrogens (tertiary/aromatic N) is 2. The second kappa shape index (κ2) is 6.67. The number of anilines is 1. The van der Waals surface area contributed by atoms with E-state index >= 15 is 0 Å². The Morgan fingerprint density at radius 3 is 2.57 bits per heavy atom. The van der Waals surface area contributed by atoms with Crippen molar-refractivity contribution in [2.24, 2.45) is 0 Å². The number of halogens is 4. The van der Waals surface area contributed by atoms with Crippen LogP contribution >= 0.6 is 15.9 Å². The van der Waals surface area contributed by atoms with Gasteiger partial charge in [-0.1, -0.05) is 15.9 Å². The number of piperidine rings is 1. The van der Waals surface area contributed by atoms with Gasteiger partial charge in [0.1, 0.15) is 6.07 Å². The van der Waals surface area contributed by atoms with E-state index in [2.05, 4.69) is 27.3 Å². The Morgan fingerprint density at radius 1 is 1.33 bits per heavy atom. The maximum Gasteiger partial charge on any atom is 0.401 e. The Hall–Kier alpha value is -1.26. The predicted octanol–water partition coefficient (Wildman–Crippen LogP) is 3.76. The van der Waals surface area contributed by atoms with Gasteiger partial charge in [-0.05, 0) is 31.0 Å². The average molecular weight is 362 g/mol. The summed E-state index contributed by atoms with van der Waals surface area (Å²) in [7, 11) is 0. The minimum absolute atomic E-state index is 0.0998. The van der Waals surface area contributed by atoms with E-state index in [0.717, 1.165) is 10.2 Å². The summed E-state index contributed by atoms with van der Waals surface area (Å²) in [5.41, 5.74) is 1.26. The Labute approximate surface area is 129 Å². The molecule has 0 radical (unpaired) electrons. The molecule has 1 aromatic rings. The third kappa shape index (κ3) is 4.90. The van der Waals surface area contributed by atoms with Crippen molar-refractivity contribution in [2.75, 3.05) is 25.0 Å². The third-order valence-corrected chi connectivity index (χ3v) is 3.95. The SMILES string of the molecule is N#Cc1cc(Br)ccc1NC1CCN(CC(F)(F)F)CC1. The molecule has 2 rings (SSSR count). The van der Waals surface area contributed by atoms with Crippen LogP contribution in [-0.4, -0.2) is 36.8 Å². The standard InChI is InChI=1S/C14H15BrF3N3/c15-11-1-2-13(10(7-11)8-19)20-12-3-5-21(6-4-12)9-14(16,17)18/h1-2,7,12,20H,3-6,9H2. The quantitative estimate of drug-likeness (QED) is 0.890. The van der Waals surface area contributed by atoms with Crippen molar-refractivity contribution in [1.29, 1.82) is 5.26 Å². The number of likely N-dealkylation sites (tertiary alicyclic amines) is 1. The molecule has 1 aliphatic heterocycles. The number of alkyl halides is 3. The normalized spacial score (nSPS) is 17.5. The molecule has 1 fully saturated rings. The lowest BCUT2D eigenvalue weighted by molar-refractivity contribution is -0.147. The van der Waals surface area contributed by atoms with Gasteiger partial charge < -0.3 is 5.32 Å². The van der Waals surface area contributed by atoms with E-state index in [9.17, 15) is 13.2 Å². The molecular weight excluding hydrogens is 347 g/mol. The molecule has 0 unspecified atom stereocenters. The molecule has 1 heterocycles. The van der Waals surface area contributed by atoms with Crippen molar-refractivity contribution in [2.45, 2.75) is 25.1 Å². The average Bonchev–Trinajstić information content (AvgIpc) is 2.41. The van der Waals surface area contributed by atoms with Gasteiger partial charge in [-0.15, -0.1) is 0 Å². The summed E-state index contributed by atoms with van der Waals surface area (Å²) in [5, 5.41) is 12.4. The lowest BCUT2D eigenvalue weighted by atomic mass is 10.0. The number of hydrogen-bond acceptors (Lipinski definition) is 3. The van der Waals surface area contributed by atoms with Crippen LogP contribution in [0, 0.1) is 11.3 Å². The Morgan fingerprint density at radius 2 is 2.00 bits per heavy atom. The van der Waals surface area contributed by atoms with E-state index in [4.69, 9.17) is 5.26 Å². The van der Waals surface area contributed by atoms with Gasteiger partial charge in [-0.2, -0.15) is 18.4 Å². The first kappa shape index (κ1) is 16.1. The molecule has 0 atom stereocenters. The van der Waals surface area contributed by atoms with E-state index in [-0.39, 0.29) is 6.04 Å². The zero-order valence-corrected chi connectivity index (χ0v) is 12.8. The van der Waals surface area contributed by atoms with Crippen LogP contribution in [0.25, 0.3) is 0 Å². The number of benzene rings is 1. The van der Waals surface area contributed by atoms with Gasteiger partial charge >= 0.3 is 6.18 Å². The molecule has 0 amide bonds. The van der Waals surface area contributed by atoms with Crippen LogP contribution in [0.5, 0.6) is 0 Å². The van der Waals surface area contributed by atoms with Crippen molar-refractivity contribution in [3.05, 3.63) is 28.2 Å². The second-order valence-electron chi connectivity index (χ2n) is 5.11. The highest BCUT2D eigenvalue weighted by Gasteiger charge is 2.32. The van der Waals surface area contributed by atoms with Gasteiger partial charge in [-0.25, -0.2) is 0 Å². The molecule has 1 N–H and O–H groups in total. The summed E-state index contributed by atoms with van der Waals surface area (Å²) >= 11 is 3.31. The molecular formula is C14H15BrF3N3. The first-order valence-electron chi connectivity index (χ1n) is 6.62. The highest BCUT2D eigenvalue weighted by atomic mass is 79.9. The fourth-order valence-electron chi connectivity index (χ4n) is 2.44. The van der Waals surface area contributed by atoms with Gasteiger partial charge in [-0.3, -0.25) is 4.90 Å². The van der Waals surface area contributed by atoms with E-state index in [0.29, 0.717) is 31.5 Å². The van der Waals surface area contributed by atoms with Crippen molar-refractivity contribution in [3.8, 4) is 6.07 Å². The van der Waals surface area contributed by atoms with Gasteiger partial charge in [0.2, 0.25) is 0 Å². The second-order valence-corrected chi connectivity index (χ2v) is 6.03. The summed E-state index contributed by atoms with van der Waals surface area (Å²) in [6.07, 6.45) is -2.87. The van der Waals surface area contributed by atoms with Crippen LogP contribution in [0.1, 0.15) is 18.4 Å². The first-order valence-corrected chi connectivity index (χ1v) is 7.42. The summed E-state index contributed by atoms with van der Waals surface area (Å²) in [6.45, 7) is -0.0212. The molecule has 1 aliphatic rings. The molecule has 0 spiro atoms. The zero-order chi connectivity index (χ0) is 15.5. The number of rotatable bonds is 3. The molecule has 1 saturated heterocycles. The van der Waals surface area contributed by atoms with Gasteiger partial charge in [0.15, 0.2) is 0 Å². The lowest BCUT2D eigenvalue weighted by Crippen LogP contribution is -2.43. The van der Waals surface area contributed by atoms with Gasteiger partial charge in [0.25, 0.3) is 0 Å². The number of nitriles is 1. The smallest absolute Gasteiger partial charge is 0.381 e. The molecule has 0 bridgehead atoms. The Kier molecular flexibility index (Phi) is 5.12. The van der Waals surface area contributed by atoms with Crippen LogP contribution in [-0.2, 0) is 0 Å². The van der Waals surface area contributed by atoms with Crippen LogP contribution in [0.4, 0.5) is 18.9 Å². The first-order chi connectivity index (χ1) is 9.87. The third-order valence-electron chi connectivity index (χ3n) is 3.45. The molecule has 21 heavy (non-hydrogen) atoms.